The maximum absolute atomic E-state index is 15.2. The minimum absolute atomic E-state index is 0.0224. The molecule has 2 aromatic carbocycles. The van der Waals surface area contributed by atoms with E-state index in [0.717, 1.165) is 0 Å². The second kappa shape index (κ2) is 7.87. The van der Waals surface area contributed by atoms with Crippen LogP contribution in [0.15, 0.2) is 36.3 Å². The van der Waals surface area contributed by atoms with Gasteiger partial charge >= 0.3 is 0 Å². The molecule has 2 aromatic rings. The number of piperidine rings is 1. The van der Waals surface area contributed by atoms with Crippen LogP contribution in [0.25, 0.3) is 0 Å². The van der Waals surface area contributed by atoms with E-state index in [1.54, 1.807) is 0 Å². The highest BCUT2D eigenvalue weighted by Crippen LogP contribution is 2.30. The van der Waals surface area contributed by atoms with Gasteiger partial charge in [-0.3, -0.25) is 24.5 Å². The van der Waals surface area contributed by atoms with Crippen LogP contribution in [-0.2, 0) is 22.7 Å². The van der Waals surface area contributed by atoms with Crippen molar-refractivity contribution in [3.05, 3.63) is 69.4 Å². The zero-order valence-corrected chi connectivity index (χ0v) is 16.2. The topological polar surface area (TPSA) is 95.6 Å². The second-order valence-electron chi connectivity index (χ2n) is 6.84. The Morgan fingerprint density at radius 1 is 1.27 bits per heavy atom. The van der Waals surface area contributed by atoms with Crippen LogP contribution in [0.4, 0.5) is 4.39 Å². The molecule has 0 bridgehead atoms. The number of carbonyl (C=O) groups excluding carboxylic acids is 4. The fourth-order valence-electron chi connectivity index (χ4n) is 3.46. The molecular weight excluding hydrogens is 413 g/mol. The lowest BCUT2D eigenvalue weighted by molar-refractivity contribution is -0.136. The molecule has 7 nitrogen and oxygen atoms in total. The van der Waals surface area contributed by atoms with Crippen molar-refractivity contribution in [3.63, 3.8) is 0 Å². The van der Waals surface area contributed by atoms with Gasteiger partial charge in [0.15, 0.2) is 0 Å². The summed E-state index contributed by atoms with van der Waals surface area (Å²) >= 11 is 5.74. The number of hydrogen-bond donors (Lipinski definition) is 2. The lowest BCUT2D eigenvalue weighted by atomic mass is 10.0. The molecule has 30 heavy (non-hydrogen) atoms. The molecule has 4 rings (SSSR count). The highest BCUT2D eigenvalue weighted by atomic mass is 35.5. The third-order valence-electron chi connectivity index (χ3n) is 4.99. The van der Waals surface area contributed by atoms with Crippen molar-refractivity contribution in [2.45, 2.75) is 32.0 Å². The first-order valence-electron chi connectivity index (χ1n) is 11.0. The number of nitrogens with one attached hydrogen (secondary N) is 2. The van der Waals surface area contributed by atoms with Gasteiger partial charge in [-0.05, 0) is 36.7 Å². The molecule has 154 valence electrons. The Morgan fingerprint density at radius 2 is 2.00 bits per heavy atom. The van der Waals surface area contributed by atoms with Crippen molar-refractivity contribution in [1.29, 1.82) is 0 Å². The molecule has 1 fully saturated rings. The summed E-state index contributed by atoms with van der Waals surface area (Å²) in [5, 5.41) is 4.13. The number of nitrogens with zero attached hydrogens (tertiary/aromatic N) is 1. The van der Waals surface area contributed by atoms with Crippen molar-refractivity contribution in [3.8, 4) is 0 Å². The zero-order chi connectivity index (χ0) is 24.9. The van der Waals surface area contributed by atoms with E-state index in [0.29, 0.717) is 0 Å². The average Bonchev–Trinajstić information content (AvgIpc) is 3.13. The molecule has 0 saturated carbocycles. The number of amides is 4. The zero-order valence-electron chi connectivity index (χ0n) is 19.4. The van der Waals surface area contributed by atoms with Gasteiger partial charge in [-0.25, -0.2) is 4.39 Å². The predicted octanol–water partition coefficient (Wildman–Crippen LogP) is 2.17. The lowest BCUT2D eigenvalue weighted by Crippen LogP contribution is -2.52. The Bertz CT molecular complexity index is 1260. The van der Waals surface area contributed by atoms with Crippen LogP contribution in [0.3, 0.4) is 0 Å². The highest BCUT2D eigenvalue weighted by Gasteiger charge is 2.40. The van der Waals surface area contributed by atoms with Crippen LogP contribution in [0.5, 0.6) is 0 Å². The Labute approximate surface area is 181 Å². The number of benzene rings is 2. The molecule has 4 amide bonds. The van der Waals surface area contributed by atoms with Crippen LogP contribution in [0.2, 0.25) is 5.02 Å². The van der Waals surface area contributed by atoms with E-state index in [9.17, 15) is 19.2 Å². The SMILES string of the molecule is [2H]c1c([2H])c(C(=O)NCc2ccc3c(c2F)CN(C2CCC(=O)NC2=O)C3=O)c([2H])c([2H])c1Cl. The largest absolute Gasteiger partial charge is 0.348 e. The molecule has 2 aliphatic rings. The minimum atomic E-state index is -0.949. The molecule has 2 N–H and O–H groups in total. The van der Waals surface area contributed by atoms with Gasteiger partial charge in [-0.15, -0.1) is 0 Å². The first kappa shape index (κ1) is 15.6. The lowest BCUT2D eigenvalue weighted by Gasteiger charge is -2.29. The fourth-order valence-corrected chi connectivity index (χ4v) is 3.56. The van der Waals surface area contributed by atoms with Crippen molar-refractivity contribution < 1.29 is 29.1 Å². The van der Waals surface area contributed by atoms with E-state index in [4.69, 9.17) is 17.1 Å². The van der Waals surface area contributed by atoms with Crippen LogP contribution in [-0.4, -0.2) is 34.6 Å². The molecule has 1 saturated heterocycles. The number of rotatable bonds is 4. The standard InChI is InChI=1S/C21H17ClFN3O4/c22-13-4-1-11(2-5-13)19(28)24-9-12-3-6-14-15(18(12)23)10-26(21(14)30)16-7-8-17(27)25-20(16)29/h1-6,16H,7-10H2,(H,24,28)(H,25,27,29)/i1D,2D,4D,5D. The molecule has 2 aliphatic heterocycles. The van der Waals surface area contributed by atoms with Gasteiger partial charge < -0.3 is 10.2 Å². The summed E-state index contributed by atoms with van der Waals surface area (Å²) in [5.41, 5.74) is -0.374. The van der Waals surface area contributed by atoms with Crippen LogP contribution in [0.1, 0.15) is 50.2 Å². The number of hydrogen-bond acceptors (Lipinski definition) is 4. The smallest absolute Gasteiger partial charge is 0.255 e. The summed E-state index contributed by atoms with van der Waals surface area (Å²) in [7, 11) is 0. The highest BCUT2D eigenvalue weighted by molar-refractivity contribution is 6.30. The fraction of sp³-hybridized carbons (Fsp3) is 0.238. The normalized spacial score (nSPS) is 20.1. The van der Waals surface area contributed by atoms with Crippen LogP contribution >= 0.6 is 11.6 Å². The van der Waals surface area contributed by atoms with E-state index in [1.807, 2.05) is 0 Å². The first-order valence-corrected chi connectivity index (χ1v) is 9.39. The van der Waals surface area contributed by atoms with Gasteiger partial charge in [0.05, 0.1) is 12.0 Å². The van der Waals surface area contributed by atoms with Crippen LogP contribution < -0.4 is 10.6 Å². The van der Waals surface area contributed by atoms with Gasteiger partial charge in [-0.1, -0.05) is 17.7 Å². The maximum atomic E-state index is 15.2. The predicted molar refractivity (Wildman–Crippen MR) is 105 cm³/mol. The summed E-state index contributed by atoms with van der Waals surface area (Å²) in [6, 6.07) is -0.586. The molecular formula is C21H17ClFN3O4. The summed E-state index contributed by atoms with van der Waals surface area (Å²) in [5.74, 6) is -3.29. The number of carbonyl (C=O) groups is 4. The van der Waals surface area contributed by atoms with Gasteiger partial charge in [0.1, 0.15) is 11.9 Å². The Kier molecular flexibility index (Phi) is 4.08. The molecule has 0 aromatic heterocycles. The van der Waals surface area contributed by atoms with E-state index in [-0.39, 0.29) is 42.6 Å². The van der Waals surface area contributed by atoms with Crippen LogP contribution in [0, 0.1) is 5.82 Å². The monoisotopic (exact) mass is 433 g/mol. The third kappa shape index (κ3) is 3.66. The third-order valence-corrected chi connectivity index (χ3v) is 5.18. The second-order valence-corrected chi connectivity index (χ2v) is 7.21. The van der Waals surface area contributed by atoms with Crippen molar-refractivity contribution in [1.82, 2.24) is 15.5 Å². The Morgan fingerprint density at radius 3 is 2.70 bits per heavy atom. The molecule has 0 aliphatic carbocycles. The molecule has 0 radical (unpaired) electrons. The van der Waals surface area contributed by atoms with Gasteiger partial charge in [-0.2, -0.15) is 0 Å². The van der Waals surface area contributed by atoms with E-state index in [2.05, 4.69) is 10.6 Å². The van der Waals surface area contributed by atoms with Crippen molar-refractivity contribution in [2.24, 2.45) is 0 Å². The summed E-state index contributed by atoms with van der Waals surface area (Å²) in [4.78, 5) is 50.0. The first-order chi connectivity index (χ1) is 16.0. The molecule has 1 unspecified atom stereocenters. The quantitative estimate of drug-likeness (QED) is 0.722. The minimum Gasteiger partial charge on any atom is -0.348 e. The summed E-state index contributed by atoms with van der Waals surface area (Å²) < 4.78 is 46.5. The summed E-state index contributed by atoms with van der Waals surface area (Å²) in [6.07, 6.45) is 0.202. The van der Waals surface area contributed by atoms with E-state index >= 15 is 4.39 Å². The number of halogens is 2. The average molecular weight is 434 g/mol. The number of imide groups is 1. The molecule has 1 atom stereocenters. The Balaban J connectivity index is 1.54. The Hall–Kier alpha value is -3.26. The van der Waals surface area contributed by atoms with Gasteiger partial charge in [0.2, 0.25) is 11.8 Å². The van der Waals surface area contributed by atoms with Gasteiger partial charge in [0, 0.05) is 40.2 Å². The molecule has 0 spiro atoms. The van der Waals surface area contributed by atoms with Crippen molar-refractivity contribution in [2.75, 3.05) is 0 Å². The van der Waals surface area contributed by atoms with E-state index in [1.165, 1.54) is 17.0 Å². The van der Waals surface area contributed by atoms with E-state index < -0.39 is 70.2 Å². The molecule has 9 heteroatoms. The number of fused-ring (bicyclic) bond motifs is 1. The van der Waals surface area contributed by atoms with Crippen molar-refractivity contribution >= 4 is 35.2 Å². The maximum Gasteiger partial charge on any atom is 0.255 e. The molecule has 2 heterocycles. The van der Waals surface area contributed by atoms with Gasteiger partial charge in [0.25, 0.3) is 11.8 Å². The summed E-state index contributed by atoms with van der Waals surface area (Å²) in [6.45, 7) is -0.532.